The Balaban J connectivity index is 1.34. The van der Waals surface area contributed by atoms with Gasteiger partial charge in [-0.15, -0.1) is 5.10 Å². The molecule has 1 atom stereocenters. The van der Waals surface area contributed by atoms with Gasteiger partial charge in [-0.1, -0.05) is 58.8 Å². The lowest BCUT2D eigenvalue weighted by Gasteiger charge is -2.40. The Hall–Kier alpha value is -3.33. The van der Waals surface area contributed by atoms with Gasteiger partial charge >= 0.3 is 0 Å². The average molecular weight is 506 g/mol. The van der Waals surface area contributed by atoms with Gasteiger partial charge in [0.1, 0.15) is 0 Å². The van der Waals surface area contributed by atoms with Crippen LogP contribution in [-0.2, 0) is 0 Å². The Bertz CT molecular complexity index is 1470. The summed E-state index contributed by atoms with van der Waals surface area (Å²) in [6.45, 7) is 5.52. The molecule has 178 valence electrons. The highest BCUT2D eigenvalue weighted by Crippen LogP contribution is 2.41. The van der Waals surface area contributed by atoms with Gasteiger partial charge in [-0.3, -0.25) is 4.90 Å². The molecule has 5 aromatic rings. The van der Waals surface area contributed by atoms with Crippen molar-refractivity contribution in [2.75, 3.05) is 31.1 Å². The van der Waals surface area contributed by atoms with Crippen molar-refractivity contribution in [3.8, 4) is 17.5 Å². The third kappa shape index (κ3) is 4.18. The van der Waals surface area contributed by atoms with Crippen LogP contribution in [0.4, 0.5) is 5.69 Å². The number of aromatic hydroxyl groups is 1. The number of hydrogen-bond donors (Lipinski definition) is 1. The average Bonchev–Trinajstić information content (AvgIpc) is 3.59. The number of aryl methyl sites for hydroxylation is 1. The number of hydrogen-bond acceptors (Lipinski definition) is 7. The van der Waals surface area contributed by atoms with Crippen molar-refractivity contribution in [3.05, 3.63) is 88.0 Å². The number of nitrogens with zero attached hydrogens (tertiary/aromatic N) is 5. The zero-order valence-electron chi connectivity index (χ0n) is 19.1. The van der Waals surface area contributed by atoms with Gasteiger partial charge in [0, 0.05) is 36.9 Å². The minimum absolute atomic E-state index is 0.100. The molecule has 1 aliphatic heterocycles. The maximum atomic E-state index is 11.3. The monoisotopic (exact) mass is 505 g/mol. The molecular weight excluding hydrogens is 482 g/mol. The molecule has 1 fully saturated rings. The minimum atomic E-state index is -0.100. The molecule has 0 bridgehead atoms. The summed E-state index contributed by atoms with van der Waals surface area (Å²) in [4.78, 5) is 10.9. The molecule has 0 radical (unpaired) electrons. The third-order valence-corrected chi connectivity index (χ3v) is 7.71. The van der Waals surface area contributed by atoms with E-state index in [0.29, 0.717) is 16.5 Å². The molecule has 1 saturated heterocycles. The van der Waals surface area contributed by atoms with Gasteiger partial charge in [-0.25, -0.2) is 0 Å². The van der Waals surface area contributed by atoms with Crippen molar-refractivity contribution in [1.82, 2.24) is 19.5 Å². The quantitative estimate of drug-likeness (QED) is 0.334. The van der Waals surface area contributed by atoms with Gasteiger partial charge < -0.3 is 14.4 Å². The molecular formula is C26H24ClN5O2S. The third-order valence-electron chi connectivity index (χ3n) is 6.40. The van der Waals surface area contributed by atoms with Gasteiger partial charge in [0.05, 0.1) is 17.2 Å². The molecule has 0 saturated carbocycles. The normalized spacial score (nSPS) is 15.7. The van der Waals surface area contributed by atoms with E-state index in [-0.39, 0.29) is 11.9 Å². The van der Waals surface area contributed by atoms with Crippen molar-refractivity contribution >= 4 is 33.6 Å². The fourth-order valence-electron chi connectivity index (χ4n) is 4.72. The van der Waals surface area contributed by atoms with Gasteiger partial charge in [-0.05, 0) is 42.8 Å². The maximum Gasteiger partial charge on any atom is 0.230 e. The van der Waals surface area contributed by atoms with Crippen molar-refractivity contribution in [1.29, 1.82) is 0 Å². The molecule has 9 heteroatoms. The Morgan fingerprint density at radius 3 is 2.57 bits per heavy atom. The van der Waals surface area contributed by atoms with E-state index in [1.54, 1.807) is 12.3 Å². The Morgan fingerprint density at radius 2 is 1.86 bits per heavy atom. The number of aromatic nitrogens is 3. The van der Waals surface area contributed by atoms with Gasteiger partial charge in [0.15, 0.2) is 5.76 Å². The van der Waals surface area contributed by atoms with E-state index in [2.05, 4.69) is 57.1 Å². The van der Waals surface area contributed by atoms with Crippen molar-refractivity contribution < 1.29 is 9.52 Å². The zero-order chi connectivity index (χ0) is 23.9. The fraction of sp³-hybridized carbons (Fsp3) is 0.231. The standard InChI is InChI=1S/C26H24ClN5O2S/c1-17-5-2-6-18(15-17)22(31-12-10-30(11-13-31)20-8-3-7-19(27)16-20)23-25(33)32-26(35-23)28-24(29-32)21-9-4-14-34-21/h2-9,14-16,22,33H,10-13H2,1H3/t22-/m1/s1. The van der Waals surface area contributed by atoms with E-state index >= 15 is 0 Å². The van der Waals surface area contributed by atoms with Crippen molar-refractivity contribution in [2.45, 2.75) is 13.0 Å². The highest BCUT2D eigenvalue weighted by Gasteiger charge is 2.32. The minimum Gasteiger partial charge on any atom is -0.492 e. The molecule has 0 amide bonds. The number of rotatable bonds is 5. The number of thiazole rings is 1. The second kappa shape index (κ2) is 9.03. The molecule has 0 spiro atoms. The maximum absolute atomic E-state index is 11.3. The van der Waals surface area contributed by atoms with Crippen LogP contribution in [-0.4, -0.2) is 50.8 Å². The second-order valence-electron chi connectivity index (χ2n) is 8.72. The fourth-order valence-corrected chi connectivity index (χ4v) is 6.02. The van der Waals surface area contributed by atoms with Crippen LogP contribution in [0.15, 0.2) is 71.3 Å². The number of anilines is 1. The first-order chi connectivity index (χ1) is 17.1. The van der Waals surface area contributed by atoms with Crippen molar-refractivity contribution in [3.63, 3.8) is 0 Å². The number of piperazine rings is 1. The molecule has 6 rings (SSSR count). The first-order valence-electron chi connectivity index (χ1n) is 11.5. The summed E-state index contributed by atoms with van der Waals surface area (Å²) in [6, 6.07) is 20.0. The van der Waals surface area contributed by atoms with E-state index in [4.69, 9.17) is 16.0 Å². The topological polar surface area (TPSA) is 70.0 Å². The molecule has 0 aliphatic carbocycles. The Morgan fingerprint density at radius 1 is 1.03 bits per heavy atom. The molecule has 1 N–H and O–H groups in total. The highest BCUT2D eigenvalue weighted by atomic mass is 35.5. The van der Waals surface area contributed by atoms with Crippen LogP contribution in [0, 0.1) is 6.92 Å². The largest absolute Gasteiger partial charge is 0.492 e. The molecule has 4 heterocycles. The van der Waals surface area contributed by atoms with E-state index in [1.165, 1.54) is 21.4 Å². The summed E-state index contributed by atoms with van der Waals surface area (Å²) in [6.07, 6.45) is 1.59. The molecule has 3 aromatic heterocycles. The number of halogens is 1. The predicted octanol–water partition coefficient (Wildman–Crippen LogP) is 5.63. The van der Waals surface area contributed by atoms with Gasteiger partial charge in [0.25, 0.3) is 0 Å². The molecule has 7 nitrogen and oxygen atoms in total. The Labute approximate surface area is 211 Å². The summed E-state index contributed by atoms with van der Waals surface area (Å²) >= 11 is 7.69. The van der Waals surface area contributed by atoms with E-state index < -0.39 is 0 Å². The predicted molar refractivity (Wildman–Crippen MR) is 138 cm³/mol. The number of benzene rings is 2. The molecule has 0 unspecified atom stereocenters. The second-order valence-corrected chi connectivity index (χ2v) is 10.2. The molecule has 1 aliphatic rings. The highest BCUT2D eigenvalue weighted by molar-refractivity contribution is 7.17. The summed E-state index contributed by atoms with van der Waals surface area (Å²) in [5.41, 5.74) is 3.47. The van der Waals surface area contributed by atoms with Crippen LogP contribution in [0.25, 0.3) is 16.5 Å². The van der Waals surface area contributed by atoms with Crippen LogP contribution in [0.2, 0.25) is 5.02 Å². The Kier molecular flexibility index (Phi) is 5.72. The van der Waals surface area contributed by atoms with Crippen LogP contribution < -0.4 is 4.90 Å². The SMILES string of the molecule is Cc1cccc([C@H](c2sc3nc(-c4ccco4)nn3c2O)N2CCN(c3cccc(Cl)c3)CC2)c1. The lowest BCUT2D eigenvalue weighted by Crippen LogP contribution is -2.47. The zero-order valence-corrected chi connectivity index (χ0v) is 20.7. The van der Waals surface area contributed by atoms with Crippen LogP contribution in [0.1, 0.15) is 22.0 Å². The summed E-state index contributed by atoms with van der Waals surface area (Å²) in [5.74, 6) is 1.17. The number of fused-ring (bicyclic) bond motifs is 1. The van der Waals surface area contributed by atoms with Crippen LogP contribution in [0.5, 0.6) is 5.88 Å². The lowest BCUT2D eigenvalue weighted by molar-refractivity contribution is 0.211. The first kappa shape index (κ1) is 22.2. The molecule has 35 heavy (non-hydrogen) atoms. The molecule has 2 aromatic carbocycles. The van der Waals surface area contributed by atoms with Gasteiger partial charge in [0.2, 0.25) is 16.7 Å². The smallest absolute Gasteiger partial charge is 0.230 e. The van der Waals surface area contributed by atoms with Crippen LogP contribution in [0.3, 0.4) is 0 Å². The first-order valence-corrected chi connectivity index (χ1v) is 12.7. The van der Waals surface area contributed by atoms with E-state index in [1.807, 2.05) is 24.3 Å². The summed E-state index contributed by atoms with van der Waals surface area (Å²) in [7, 11) is 0. The summed E-state index contributed by atoms with van der Waals surface area (Å²) in [5, 5.41) is 16.5. The number of furan rings is 1. The van der Waals surface area contributed by atoms with Crippen LogP contribution >= 0.6 is 22.9 Å². The summed E-state index contributed by atoms with van der Waals surface area (Å²) < 4.78 is 6.95. The van der Waals surface area contributed by atoms with E-state index in [0.717, 1.165) is 47.3 Å². The van der Waals surface area contributed by atoms with Crippen molar-refractivity contribution in [2.24, 2.45) is 0 Å². The van der Waals surface area contributed by atoms with Gasteiger partial charge in [-0.2, -0.15) is 9.50 Å². The van der Waals surface area contributed by atoms with E-state index in [9.17, 15) is 5.11 Å². The lowest BCUT2D eigenvalue weighted by atomic mass is 10.0.